The number of esters is 4. The lowest BCUT2D eigenvalue weighted by Gasteiger charge is -2.21. The SMILES string of the molecule is CC/C=C\C/C=C\C/C=C\C/C=C\C/C=C\CCCCCC(=O)OCC(COP(=O)(O)OCC(O)COP(=O)(O)OCC(COC(=O)CCCCC/C=C\C/C=C\C/C=C\C/C=C\C/C=C\CC)OC(=O)CCCCCC/C=C\C/C=C\C/C=C\C/C=C\CC)OC(=O)CCCC/C=C\C/C=C\C/C=C\C/C=C\CC. The van der Waals surface area contributed by atoms with Gasteiger partial charge in [-0.05, 0) is 193 Å². The van der Waals surface area contributed by atoms with Crippen LogP contribution in [0.5, 0.6) is 0 Å². The normalized spacial score (nSPS) is 14.9. The molecule has 0 fully saturated rings. The second-order valence-corrected chi connectivity index (χ2v) is 29.1. The van der Waals surface area contributed by atoms with Crippen LogP contribution in [-0.2, 0) is 65.4 Å². The van der Waals surface area contributed by atoms with E-state index in [2.05, 4.69) is 246 Å². The Labute approximate surface area is 664 Å². The fourth-order valence-electron chi connectivity index (χ4n) is 9.84. The Hall–Kier alpha value is -6.62. The topological polar surface area (TPSA) is 237 Å². The molecule has 0 bridgehead atoms. The molecule has 110 heavy (non-hydrogen) atoms. The van der Waals surface area contributed by atoms with Gasteiger partial charge >= 0.3 is 39.5 Å². The number of hydrogen-bond acceptors (Lipinski definition) is 15. The molecule has 17 nitrogen and oxygen atoms in total. The maximum absolute atomic E-state index is 13.1. The summed E-state index contributed by atoms with van der Waals surface area (Å²) in [5, 5.41) is 10.7. The second-order valence-electron chi connectivity index (χ2n) is 26.2. The Morgan fingerprint density at radius 3 is 0.700 bits per heavy atom. The van der Waals surface area contributed by atoms with Crippen molar-refractivity contribution in [3.8, 4) is 0 Å². The van der Waals surface area contributed by atoms with Gasteiger partial charge in [-0.1, -0.05) is 272 Å². The van der Waals surface area contributed by atoms with Gasteiger partial charge in [-0.2, -0.15) is 0 Å². The molecule has 0 aromatic heterocycles. The van der Waals surface area contributed by atoms with Gasteiger partial charge in [0, 0.05) is 25.7 Å². The number of phosphoric ester groups is 2. The predicted octanol–water partition coefficient (Wildman–Crippen LogP) is 24.4. The van der Waals surface area contributed by atoms with Gasteiger partial charge in [-0.15, -0.1) is 0 Å². The fraction of sp³-hybridized carbons (Fsp3) is 0.560. The number of allylic oxidation sites excluding steroid dienone is 36. The minimum atomic E-state index is -5.02. The monoisotopic (exact) mass is 1570 g/mol. The van der Waals surface area contributed by atoms with Crippen LogP contribution in [-0.4, -0.2) is 96.7 Å². The van der Waals surface area contributed by atoms with Crippen molar-refractivity contribution in [3.05, 3.63) is 219 Å². The Kier molecular flexibility index (Phi) is 75.6. The molecule has 0 spiro atoms. The van der Waals surface area contributed by atoms with Gasteiger partial charge < -0.3 is 33.8 Å². The first-order valence-electron chi connectivity index (χ1n) is 41.0. The number of ether oxygens (including phenoxy) is 4. The van der Waals surface area contributed by atoms with Crippen LogP contribution in [0.15, 0.2) is 219 Å². The molecule has 0 aliphatic heterocycles. The molecule has 0 aromatic rings. The summed E-state index contributed by atoms with van der Waals surface area (Å²) in [6.07, 6.45) is 102. The molecule has 0 saturated carbocycles. The van der Waals surface area contributed by atoms with Crippen LogP contribution in [0.3, 0.4) is 0 Å². The van der Waals surface area contributed by atoms with Crippen LogP contribution in [0, 0.1) is 0 Å². The lowest BCUT2D eigenvalue weighted by molar-refractivity contribution is -0.161. The van der Waals surface area contributed by atoms with Crippen molar-refractivity contribution in [2.75, 3.05) is 39.6 Å². The van der Waals surface area contributed by atoms with Crippen molar-refractivity contribution < 1.29 is 80.2 Å². The standard InChI is InChI=1S/C91H142O17P2/c1-5-9-13-17-21-25-29-33-37-40-42-45-48-51-55-59-63-67-71-75-88(93)101-81-86(107-90(95)77-73-69-65-61-57-53-47-36-32-28-24-20-16-12-8-4)83-105-109(97,98)103-79-85(92)80-104-110(99,100)106-84-87(108-91(96)78-74-70-66-62-58-54-50-44-39-35-31-27-23-19-15-11-7-3)82-102-89(94)76-72-68-64-60-56-52-49-46-43-41-38-34-30-26-22-18-14-10-6-2/h9-16,21-28,33-39,42-43,45-47,50-52,54-57,61,85-87,92H,5-8,17-20,29-32,40-41,44,48-49,53,58-60,62-84H2,1-4H3,(H,97,98)(H,99,100)/b13-9-,14-10-,15-11-,16-12-,25-21-,26-22-,27-23-,28-24-,37-33-,38-34-,39-35-,45-42-,46-43-,47-36-,54-50-,55-51-,56-52-,61-57-. The molecule has 618 valence electrons. The fourth-order valence-corrected chi connectivity index (χ4v) is 11.4. The molecule has 0 radical (unpaired) electrons. The summed E-state index contributed by atoms with van der Waals surface area (Å²) in [6.45, 7) is 4.23. The number of aliphatic hydroxyl groups excluding tert-OH is 1. The molecule has 0 saturated heterocycles. The van der Waals surface area contributed by atoms with E-state index in [1.165, 1.54) is 0 Å². The van der Waals surface area contributed by atoms with Gasteiger partial charge in [-0.25, -0.2) is 9.13 Å². The molecule has 0 aliphatic rings. The molecule has 0 rings (SSSR count). The van der Waals surface area contributed by atoms with Gasteiger partial charge in [0.2, 0.25) is 0 Å². The number of aliphatic hydroxyl groups is 1. The van der Waals surface area contributed by atoms with E-state index in [1.54, 1.807) is 0 Å². The number of carbonyl (C=O) groups is 4. The summed E-state index contributed by atoms with van der Waals surface area (Å²) in [6, 6.07) is 0. The molecular formula is C91H142O17P2. The van der Waals surface area contributed by atoms with Crippen LogP contribution < -0.4 is 0 Å². The summed E-state index contributed by atoms with van der Waals surface area (Å²) in [4.78, 5) is 73.2. The largest absolute Gasteiger partial charge is 0.472 e. The van der Waals surface area contributed by atoms with E-state index in [0.717, 1.165) is 186 Å². The summed E-state index contributed by atoms with van der Waals surface area (Å²) < 4.78 is 68.6. The van der Waals surface area contributed by atoms with Gasteiger partial charge in [0.1, 0.15) is 19.3 Å². The molecule has 0 heterocycles. The third-order valence-electron chi connectivity index (χ3n) is 15.9. The van der Waals surface area contributed by atoms with Gasteiger partial charge in [-0.3, -0.25) is 37.3 Å². The van der Waals surface area contributed by atoms with Crippen molar-refractivity contribution in [3.63, 3.8) is 0 Å². The number of carbonyl (C=O) groups excluding carboxylic acids is 4. The van der Waals surface area contributed by atoms with E-state index >= 15 is 0 Å². The minimum absolute atomic E-state index is 0.0241. The van der Waals surface area contributed by atoms with Crippen LogP contribution in [0.4, 0.5) is 0 Å². The first kappa shape index (κ1) is 103. The number of phosphoric acid groups is 2. The Balaban J connectivity index is 5.53. The van der Waals surface area contributed by atoms with Gasteiger partial charge in [0.25, 0.3) is 0 Å². The number of rotatable bonds is 74. The first-order chi connectivity index (χ1) is 53.7. The van der Waals surface area contributed by atoms with E-state index in [9.17, 15) is 43.2 Å². The smallest absolute Gasteiger partial charge is 0.462 e. The van der Waals surface area contributed by atoms with Gasteiger partial charge in [0.05, 0.1) is 26.4 Å². The van der Waals surface area contributed by atoms with E-state index in [0.29, 0.717) is 32.1 Å². The highest BCUT2D eigenvalue weighted by Crippen LogP contribution is 2.45. The average Bonchev–Trinajstić information content (AvgIpc) is 0.899. The maximum atomic E-state index is 13.1. The average molecular weight is 1570 g/mol. The predicted molar refractivity (Wildman–Crippen MR) is 454 cm³/mol. The van der Waals surface area contributed by atoms with Crippen molar-refractivity contribution in [1.82, 2.24) is 0 Å². The van der Waals surface area contributed by atoms with Crippen molar-refractivity contribution in [2.45, 2.75) is 290 Å². The Morgan fingerprint density at radius 1 is 0.255 bits per heavy atom. The minimum Gasteiger partial charge on any atom is -0.462 e. The summed E-state index contributed by atoms with van der Waals surface area (Å²) in [5.41, 5.74) is 0. The highest BCUT2D eigenvalue weighted by atomic mass is 31.2. The third-order valence-corrected chi connectivity index (χ3v) is 17.8. The van der Waals surface area contributed by atoms with Crippen molar-refractivity contribution in [1.29, 1.82) is 0 Å². The molecular weight excluding hydrogens is 1430 g/mol. The third kappa shape index (κ3) is 79.5. The molecule has 0 aliphatic carbocycles. The zero-order valence-corrected chi connectivity index (χ0v) is 69.4. The zero-order chi connectivity index (χ0) is 80.3. The molecule has 5 atom stereocenters. The maximum Gasteiger partial charge on any atom is 0.472 e. The van der Waals surface area contributed by atoms with E-state index in [4.69, 9.17) is 37.0 Å². The van der Waals surface area contributed by atoms with Crippen molar-refractivity contribution >= 4 is 39.5 Å². The van der Waals surface area contributed by atoms with E-state index in [-0.39, 0.29) is 25.7 Å². The molecule has 0 aromatic carbocycles. The number of hydrogen-bond donors (Lipinski definition) is 3. The zero-order valence-electron chi connectivity index (χ0n) is 67.6. The van der Waals surface area contributed by atoms with Crippen LogP contribution in [0.1, 0.15) is 272 Å². The lowest BCUT2D eigenvalue weighted by Crippen LogP contribution is -2.30. The van der Waals surface area contributed by atoms with Gasteiger partial charge in [0.15, 0.2) is 12.2 Å². The van der Waals surface area contributed by atoms with Crippen molar-refractivity contribution in [2.24, 2.45) is 0 Å². The summed E-state index contributed by atoms with van der Waals surface area (Å²) in [7, 11) is -10.0. The number of unbranched alkanes of at least 4 members (excludes halogenated alkanes) is 12. The Bertz CT molecular complexity index is 2950. The quantitative estimate of drug-likeness (QED) is 0.0169. The summed E-state index contributed by atoms with van der Waals surface area (Å²) in [5.74, 6) is -2.35. The highest BCUT2D eigenvalue weighted by Gasteiger charge is 2.30. The Morgan fingerprint density at radius 2 is 0.445 bits per heavy atom. The molecule has 5 unspecified atom stereocenters. The van der Waals surface area contributed by atoms with E-state index in [1.807, 2.05) is 0 Å². The van der Waals surface area contributed by atoms with Crippen LogP contribution in [0.25, 0.3) is 0 Å². The highest BCUT2D eigenvalue weighted by molar-refractivity contribution is 7.47. The van der Waals surface area contributed by atoms with Crippen LogP contribution >= 0.6 is 15.6 Å². The van der Waals surface area contributed by atoms with Crippen LogP contribution in [0.2, 0.25) is 0 Å². The molecule has 0 amide bonds. The second kappa shape index (κ2) is 80.4. The van der Waals surface area contributed by atoms with E-state index < -0.39 is 97.5 Å². The molecule has 3 N–H and O–H groups in total. The summed E-state index contributed by atoms with van der Waals surface area (Å²) >= 11 is 0. The first-order valence-corrected chi connectivity index (χ1v) is 44.0. The lowest BCUT2D eigenvalue weighted by atomic mass is 10.1. The molecule has 19 heteroatoms.